The van der Waals surface area contributed by atoms with Crippen LogP contribution in [0.2, 0.25) is 0 Å². The summed E-state index contributed by atoms with van der Waals surface area (Å²) in [6, 6.07) is 8.22. The van der Waals surface area contributed by atoms with Crippen LogP contribution in [0.1, 0.15) is 41.6 Å². The highest BCUT2D eigenvalue weighted by Gasteiger charge is 2.08. The fourth-order valence-electron chi connectivity index (χ4n) is 2.27. The summed E-state index contributed by atoms with van der Waals surface area (Å²) >= 11 is 0. The SMILES string of the molecule is CCCNCc1ccc(COc2c(C)ccc(C)c2C)o1. The number of aryl methyl sites for hydroxylation is 2. The van der Waals surface area contributed by atoms with E-state index in [1.165, 1.54) is 11.1 Å². The molecule has 21 heavy (non-hydrogen) atoms. The first-order valence-electron chi connectivity index (χ1n) is 7.59. The van der Waals surface area contributed by atoms with Crippen molar-refractivity contribution in [3.05, 3.63) is 52.5 Å². The topological polar surface area (TPSA) is 34.4 Å². The lowest BCUT2D eigenvalue weighted by Gasteiger charge is -2.13. The van der Waals surface area contributed by atoms with Gasteiger partial charge in [-0.15, -0.1) is 0 Å². The Morgan fingerprint density at radius 3 is 2.48 bits per heavy atom. The Hall–Kier alpha value is -1.74. The summed E-state index contributed by atoms with van der Waals surface area (Å²) in [6.07, 6.45) is 1.13. The second kappa shape index (κ2) is 7.32. The van der Waals surface area contributed by atoms with Crippen LogP contribution in [0.15, 0.2) is 28.7 Å². The molecule has 1 aromatic carbocycles. The van der Waals surface area contributed by atoms with Crippen LogP contribution in [0.4, 0.5) is 0 Å². The molecule has 0 aliphatic heterocycles. The molecular weight excluding hydrogens is 262 g/mol. The molecular formula is C18H25NO2. The zero-order valence-corrected chi connectivity index (χ0v) is 13.5. The van der Waals surface area contributed by atoms with Gasteiger partial charge in [0.15, 0.2) is 0 Å². The van der Waals surface area contributed by atoms with Crippen molar-refractivity contribution in [1.29, 1.82) is 0 Å². The van der Waals surface area contributed by atoms with Gasteiger partial charge in [0.2, 0.25) is 0 Å². The molecule has 0 unspecified atom stereocenters. The van der Waals surface area contributed by atoms with Gasteiger partial charge in [-0.1, -0.05) is 19.1 Å². The van der Waals surface area contributed by atoms with Crippen molar-refractivity contribution >= 4 is 0 Å². The van der Waals surface area contributed by atoms with Crippen LogP contribution < -0.4 is 10.1 Å². The number of rotatable bonds is 7. The molecule has 0 atom stereocenters. The van der Waals surface area contributed by atoms with Crippen LogP contribution in [0, 0.1) is 20.8 Å². The number of nitrogens with one attached hydrogen (secondary N) is 1. The molecule has 0 aliphatic carbocycles. The third-order valence-electron chi connectivity index (χ3n) is 3.68. The molecule has 3 heteroatoms. The predicted molar refractivity (Wildman–Crippen MR) is 85.7 cm³/mol. The molecule has 0 saturated carbocycles. The molecule has 2 aromatic rings. The van der Waals surface area contributed by atoms with Gasteiger partial charge in [-0.25, -0.2) is 0 Å². The van der Waals surface area contributed by atoms with E-state index in [1.54, 1.807) is 0 Å². The number of benzene rings is 1. The second-order valence-electron chi connectivity index (χ2n) is 5.49. The summed E-state index contributed by atoms with van der Waals surface area (Å²) in [6.45, 7) is 10.7. The predicted octanol–water partition coefficient (Wildman–Crippen LogP) is 4.28. The molecule has 3 nitrogen and oxygen atoms in total. The second-order valence-corrected chi connectivity index (χ2v) is 5.49. The largest absolute Gasteiger partial charge is 0.485 e. The van der Waals surface area contributed by atoms with Crippen molar-refractivity contribution in [3.63, 3.8) is 0 Å². The maximum atomic E-state index is 5.96. The highest BCUT2D eigenvalue weighted by atomic mass is 16.5. The van der Waals surface area contributed by atoms with Gasteiger partial charge >= 0.3 is 0 Å². The zero-order valence-electron chi connectivity index (χ0n) is 13.5. The minimum absolute atomic E-state index is 0.471. The third-order valence-corrected chi connectivity index (χ3v) is 3.68. The molecule has 1 N–H and O–H groups in total. The first kappa shape index (κ1) is 15.6. The van der Waals surface area contributed by atoms with Crippen LogP contribution in [-0.4, -0.2) is 6.54 Å². The van der Waals surface area contributed by atoms with Gasteiger partial charge in [-0.05, 0) is 62.6 Å². The van der Waals surface area contributed by atoms with Gasteiger partial charge in [0.05, 0.1) is 6.54 Å². The highest BCUT2D eigenvalue weighted by Crippen LogP contribution is 2.26. The van der Waals surface area contributed by atoms with E-state index in [0.29, 0.717) is 6.61 Å². The molecule has 114 valence electrons. The van der Waals surface area contributed by atoms with E-state index < -0.39 is 0 Å². The Morgan fingerprint density at radius 1 is 1.00 bits per heavy atom. The minimum Gasteiger partial charge on any atom is -0.485 e. The Labute approximate surface area is 127 Å². The van der Waals surface area contributed by atoms with Gasteiger partial charge in [0, 0.05) is 0 Å². The molecule has 0 radical (unpaired) electrons. The molecule has 0 spiro atoms. The van der Waals surface area contributed by atoms with E-state index in [2.05, 4.69) is 45.1 Å². The summed E-state index contributed by atoms with van der Waals surface area (Å²) in [5.41, 5.74) is 3.61. The monoisotopic (exact) mass is 287 g/mol. The van der Waals surface area contributed by atoms with Crippen molar-refractivity contribution in [2.45, 2.75) is 47.3 Å². The average Bonchev–Trinajstić information content (AvgIpc) is 2.91. The van der Waals surface area contributed by atoms with Gasteiger partial charge < -0.3 is 14.5 Å². The third kappa shape index (κ3) is 4.11. The maximum Gasteiger partial charge on any atom is 0.146 e. The van der Waals surface area contributed by atoms with Crippen LogP contribution in [0.3, 0.4) is 0 Å². The zero-order chi connectivity index (χ0) is 15.2. The van der Waals surface area contributed by atoms with Crippen molar-refractivity contribution < 1.29 is 9.15 Å². The molecule has 1 aromatic heterocycles. The van der Waals surface area contributed by atoms with Crippen molar-refractivity contribution in [1.82, 2.24) is 5.32 Å². The Kier molecular flexibility index (Phi) is 5.45. The van der Waals surface area contributed by atoms with Crippen LogP contribution in [0.5, 0.6) is 5.75 Å². The standard InChI is InChI=1S/C18H25NO2/c1-5-10-19-11-16-8-9-17(21-16)12-20-18-14(3)7-6-13(2)15(18)4/h6-9,19H,5,10-12H2,1-4H3. The Bertz CT molecular complexity index is 587. The van der Waals surface area contributed by atoms with Gasteiger partial charge in [-0.3, -0.25) is 0 Å². The molecule has 0 bridgehead atoms. The molecule has 0 saturated heterocycles. The number of furan rings is 1. The van der Waals surface area contributed by atoms with Crippen molar-refractivity contribution in [3.8, 4) is 5.75 Å². The van der Waals surface area contributed by atoms with Gasteiger partial charge in [0.25, 0.3) is 0 Å². The lowest BCUT2D eigenvalue weighted by Crippen LogP contribution is -2.13. The minimum atomic E-state index is 0.471. The van der Waals surface area contributed by atoms with Gasteiger partial charge in [0.1, 0.15) is 23.9 Å². The van der Waals surface area contributed by atoms with Crippen molar-refractivity contribution in [2.24, 2.45) is 0 Å². The first-order chi connectivity index (χ1) is 10.1. The summed E-state index contributed by atoms with van der Waals surface area (Å²) in [4.78, 5) is 0. The molecule has 0 amide bonds. The van der Waals surface area contributed by atoms with Crippen LogP contribution in [0.25, 0.3) is 0 Å². The first-order valence-corrected chi connectivity index (χ1v) is 7.59. The fourth-order valence-corrected chi connectivity index (χ4v) is 2.27. The number of ether oxygens (including phenoxy) is 1. The van der Waals surface area contributed by atoms with E-state index in [0.717, 1.165) is 42.3 Å². The van der Waals surface area contributed by atoms with E-state index in [4.69, 9.17) is 9.15 Å². The van der Waals surface area contributed by atoms with Gasteiger partial charge in [-0.2, -0.15) is 0 Å². The van der Waals surface area contributed by atoms with Crippen LogP contribution in [-0.2, 0) is 13.2 Å². The molecule has 2 rings (SSSR count). The number of hydrogen-bond acceptors (Lipinski definition) is 3. The highest BCUT2D eigenvalue weighted by molar-refractivity contribution is 5.44. The maximum absolute atomic E-state index is 5.96. The quantitative estimate of drug-likeness (QED) is 0.772. The average molecular weight is 287 g/mol. The lowest BCUT2D eigenvalue weighted by molar-refractivity contribution is 0.262. The molecule has 0 fully saturated rings. The molecule has 0 aliphatic rings. The summed E-state index contributed by atoms with van der Waals surface area (Å²) in [5.74, 6) is 2.79. The summed E-state index contributed by atoms with van der Waals surface area (Å²) in [7, 11) is 0. The summed E-state index contributed by atoms with van der Waals surface area (Å²) in [5, 5.41) is 3.33. The Balaban J connectivity index is 1.96. The smallest absolute Gasteiger partial charge is 0.146 e. The lowest BCUT2D eigenvalue weighted by atomic mass is 10.1. The van der Waals surface area contributed by atoms with Crippen molar-refractivity contribution in [2.75, 3.05) is 6.54 Å². The fraction of sp³-hybridized carbons (Fsp3) is 0.444. The van der Waals surface area contributed by atoms with E-state index in [9.17, 15) is 0 Å². The molecule has 1 heterocycles. The normalized spacial score (nSPS) is 10.9. The summed E-state index contributed by atoms with van der Waals surface area (Å²) < 4.78 is 11.7. The Morgan fingerprint density at radius 2 is 1.71 bits per heavy atom. The van der Waals surface area contributed by atoms with E-state index >= 15 is 0 Å². The van der Waals surface area contributed by atoms with E-state index in [1.807, 2.05) is 12.1 Å². The van der Waals surface area contributed by atoms with E-state index in [-0.39, 0.29) is 0 Å². The van der Waals surface area contributed by atoms with Crippen LogP contribution >= 0.6 is 0 Å². The number of hydrogen-bond donors (Lipinski definition) is 1.